The Morgan fingerprint density at radius 2 is 1.92 bits per heavy atom. The summed E-state index contributed by atoms with van der Waals surface area (Å²) in [6, 6.07) is 4.62. The molecular weight excluding hydrogens is 221 g/mol. The zero-order valence-corrected chi connectivity index (χ0v) is 8.86. The summed E-state index contributed by atoms with van der Waals surface area (Å²) in [7, 11) is 0. The highest BCUT2D eigenvalue weighted by atomic mass is 79.9. The van der Waals surface area contributed by atoms with E-state index < -0.39 is 0 Å². The Morgan fingerprint density at radius 3 is 2.33 bits per heavy atom. The van der Waals surface area contributed by atoms with Gasteiger partial charge in [-0.2, -0.15) is 0 Å². The largest absolute Gasteiger partial charge is 0.326 e. The van der Waals surface area contributed by atoms with Crippen LogP contribution < -0.4 is 5.73 Å². The van der Waals surface area contributed by atoms with E-state index in [0.717, 1.165) is 10.0 Å². The molecule has 0 amide bonds. The quantitative estimate of drug-likeness (QED) is 0.793. The van der Waals surface area contributed by atoms with E-state index in [1.807, 2.05) is 13.8 Å². The Morgan fingerprint density at radius 1 is 1.33 bits per heavy atom. The molecule has 2 N–H and O–H groups in total. The molecule has 1 aromatic carbocycles. The van der Waals surface area contributed by atoms with Gasteiger partial charge < -0.3 is 5.73 Å². The second-order valence-corrected chi connectivity index (χ2v) is 2.90. The molecule has 0 radical (unpaired) electrons. The summed E-state index contributed by atoms with van der Waals surface area (Å²) < 4.78 is 13.3. The third-order valence-corrected chi connectivity index (χ3v) is 1.62. The smallest absolute Gasteiger partial charge is 0.124 e. The van der Waals surface area contributed by atoms with Crippen LogP contribution in [0.5, 0.6) is 0 Å². The van der Waals surface area contributed by atoms with E-state index in [1.54, 1.807) is 6.07 Å². The predicted octanol–water partition coefficient (Wildman–Crippen LogP) is 3.07. The third-order valence-electron chi connectivity index (χ3n) is 1.16. The first kappa shape index (κ1) is 11.6. The average Bonchev–Trinajstić information content (AvgIpc) is 2.06. The summed E-state index contributed by atoms with van der Waals surface area (Å²) in [4.78, 5) is 0. The van der Waals surface area contributed by atoms with Crippen molar-refractivity contribution in [1.82, 2.24) is 0 Å². The normalized spacial score (nSPS) is 8.75. The van der Waals surface area contributed by atoms with E-state index >= 15 is 0 Å². The number of nitrogens with two attached hydrogens (primary N) is 1. The minimum absolute atomic E-state index is 0.255. The lowest BCUT2D eigenvalue weighted by Gasteiger charge is -1.96. The first-order valence-corrected chi connectivity index (χ1v) is 4.66. The van der Waals surface area contributed by atoms with Crippen molar-refractivity contribution in [2.24, 2.45) is 5.73 Å². The lowest BCUT2D eigenvalue weighted by molar-refractivity contribution is 0.624. The number of benzene rings is 1. The second-order valence-electron chi connectivity index (χ2n) is 1.98. The molecule has 0 spiro atoms. The minimum Gasteiger partial charge on any atom is -0.326 e. The van der Waals surface area contributed by atoms with E-state index in [9.17, 15) is 4.39 Å². The zero-order valence-electron chi connectivity index (χ0n) is 7.27. The summed E-state index contributed by atoms with van der Waals surface area (Å²) in [6.07, 6.45) is 0. The fourth-order valence-corrected chi connectivity index (χ4v) is 1.24. The number of halogens is 2. The molecule has 0 saturated carbocycles. The molecular formula is C9H13BrFN. The fraction of sp³-hybridized carbons (Fsp3) is 0.333. The number of rotatable bonds is 1. The molecule has 12 heavy (non-hydrogen) atoms. The Bertz CT molecular complexity index is 218. The molecule has 1 aromatic rings. The number of hydrogen-bond acceptors (Lipinski definition) is 1. The van der Waals surface area contributed by atoms with Crippen LogP contribution in [0.4, 0.5) is 4.39 Å². The maximum absolute atomic E-state index is 12.5. The van der Waals surface area contributed by atoms with Crippen molar-refractivity contribution >= 4 is 15.9 Å². The Labute approximate surface area is 80.9 Å². The number of hydrogen-bond donors (Lipinski definition) is 1. The van der Waals surface area contributed by atoms with E-state index in [2.05, 4.69) is 15.9 Å². The van der Waals surface area contributed by atoms with E-state index in [-0.39, 0.29) is 5.82 Å². The molecule has 0 unspecified atom stereocenters. The maximum atomic E-state index is 12.5. The van der Waals surface area contributed by atoms with Gasteiger partial charge >= 0.3 is 0 Å². The van der Waals surface area contributed by atoms with Crippen molar-refractivity contribution in [3.63, 3.8) is 0 Å². The van der Waals surface area contributed by atoms with Gasteiger partial charge in [0, 0.05) is 11.0 Å². The van der Waals surface area contributed by atoms with Gasteiger partial charge in [0.1, 0.15) is 5.82 Å². The monoisotopic (exact) mass is 233 g/mol. The highest BCUT2D eigenvalue weighted by Crippen LogP contribution is 2.13. The van der Waals surface area contributed by atoms with Crippen LogP contribution in [-0.2, 0) is 6.54 Å². The van der Waals surface area contributed by atoms with Crippen LogP contribution in [0.15, 0.2) is 22.7 Å². The molecule has 0 bridgehead atoms. The molecule has 1 rings (SSSR count). The molecule has 1 nitrogen and oxygen atoms in total. The van der Waals surface area contributed by atoms with Crippen LogP contribution >= 0.6 is 15.9 Å². The summed E-state index contributed by atoms with van der Waals surface area (Å²) in [5.41, 5.74) is 6.10. The molecule has 0 heterocycles. The van der Waals surface area contributed by atoms with Gasteiger partial charge in [-0.15, -0.1) is 0 Å². The van der Waals surface area contributed by atoms with Gasteiger partial charge in [-0.3, -0.25) is 0 Å². The topological polar surface area (TPSA) is 26.0 Å². The Hall–Kier alpha value is -0.410. The van der Waals surface area contributed by atoms with Crippen LogP contribution in [0, 0.1) is 5.82 Å². The van der Waals surface area contributed by atoms with Crippen LogP contribution in [0.3, 0.4) is 0 Å². The highest BCUT2D eigenvalue weighted by molar-refractivity contribution is 9.10. The maximum Gasteiger partial charge on any atom is 0.124 e. The first-order chi connectivity index (χ1) is 5.72. The van der Waals surface area contributed by atoms with Crippen LogP contribution in [-0.4, -0.2) is 0 Å². The molecule has 0 fully saturated rings. The zero-order chi connectivity index (χ0) is 9.56. The first-order valence-electron chi connectivity index (χ1n) is 3.87. The average molecular weight is 234 g/mol. The summed E-state index contributed by atoms with van der Waals surface area (Å²) in [5, 5.41) is 0. The van der Waals surface area contributed by atoms with Gasteiger partial charge in [0.05, 0.1) is 0 Å². The van der Waals surface area contributed by atoms with Crippen LogP contribution in [0.1, 0.15) is 19.4 Å². The highest BCUT2D eigenvalue weighted by Gasteiger charge is 1.95. The third kappa shape index (κ3) is 3.83. The van der Waals surface area contributed by atoms with Gasteiger partial charge in [-0.05, 0) is 23.8 Å². The van der Waals surface area contributed by atoms with E-state index in [4.69, 9.17) is 5.73 Å². The van der Waals surface area contributed by atoms with E-state index in [0.29, 0.717) is 6.54 Å². The minimum atomic E-state index is -0.255. The van der Waals surface area contributed by atoms with Crippen molar-refractivity contribution in [2.45, 2.75) is 20.4 Å². The lowest BCUT2D eigenvalue weighted by Crippen LogP contribution is -1.96. The van der Waals surface area contributed by atoms with Gasteiger partial charge in [0.2, 0.25) is 0 Å². The van der Waals surface area contributed by atoms with Crippen molar-refractivity contribution in [3.8, 4) is 0 Å². The Balaban J connectivity index is 0.000000561. The standard InChI is InChI=1S/C7H7BrFN.C2H6/c8-6-1-5(4-10)2-7(9)3-6;1-2/h1-3H,4,10H2;1-2H3. The molecule has 0 saturated heterocycles. The van der Waals surface area contributed by atoms with Crippen molar-refractivity contribution in [1.29, 1.82) is 0 Å². The van der Waals surface area contributed by atoms with Gasteiger partial charge in [-0.1, -0.05) is 29.8 Å². The molecule has 0 aliphatic rings. The predicted molar refractivity (Wildman–Crippen MR) is 53.3 cm³/mol. The lowest BCUT2D eigenvalue weighted by atomic mass is 10.2. The molecule has 0 aromatic heterocycles. The molecule has 0 aliphatic carbocycles. The van der Waals surface area contributed by atoms with Gasteiger partial charge in [0.15, 0.2) is 0 Å². The molecule has 68 valence electrons. The van der Waals surface area contributed by atoms with Crippen molar-refractivity contribution < 1.29 is 4.39 Å². The van der Waals surface area contributed by atoms with E-state index in [1.165, 1.54) is 12.1 Å². The fourth-order valence-electron chi connectivity index (χ4n) is 0.729. The van der Waals surface area contributed by atoms with Crippen LogP contribution in [0.25, 0.3) is 0 Å². The second kappa shape index (κ2) is 6.14. The molecule has 3 heteroatoms. The van der Waals surface area contributed by atoms with Gasteiger partial charge in [-0.25, -0.2) is 4.39 Å². The van der Waals surface area contributed by atoms with Crippen LogP contribution in [0.2, 0.25) is 0 Å². The summed E-state index contributed by atoms with van der Waals surface area (Å²) in [6.45, 7) is 4.37. The molecule has 0 atom stereocenters. The molecule has 0 aliphatic heterocycles. The summed E-state index contributed by atoms with van der Waals surface area (Å²) in [5.74, 6) is -0.255. The van der Waals surface area contributed by atoms with Crippen molar-refractivity contribution in [2.75, 3.05) is 0 Å². The SMILES string of the molecule is CC.NCc1cc(F)cc(Br)c1. The Kier molecular flexibility index (Phi) is 5.93. The summed E-state index contributed by atoms with van der Waals surface area (Å²) >= 11 is 3.16. The van der Waals surface area contributed by atoms with Crippen molar-refractivity contribution in [3.05, 3.63) is 34.1 Å². The van der Waals surface area contributed by atoms with Gasteiger partial charge in [0.25, 0.3) is 0 Å².